The van der Waals surface area contributed by atoms with E-state index in [1.54, 1.807) is 11.3 Å². The van der Waals surface area contributed by atoms with E-state index in [2.05, 4.69) is 35.7 Å². The van der Waals surface area contributed by atoms with Gasteiger partial charge in [-0.2, -0.15) is 11.3 Å². The zero-order valence-electron chi connectivity index (χ0n) is 9.27. The van der Waals surface area contributed by atoms with Gasteiger partial charge in [-0.1, -0.05) is 19.1 Å². The minimum Gasteiger partial charge on any atom is -0.393 e. The average Bonchev–Trinajstić information content (AvgIpc) is 2.66. The summed E-state index contributed by atoms with van der Waals surface area (Å²) in [4.78, 5) is 2.89. The molecule has 0 amide bonds. The predicted octanol–water partition coefficient (Wildman–Crippen LogP) is 2.14. The molecule has 4 heteroatoms. The Hall–Kier alpha value is -0.450. The van der Waals surface area contributed by atoms with Crippen LogP contribution < -0.4 is 5.73 Å². The summed E-state index contributed by atoms with van der Waals surface area (Å²) >= 11 is 6.70. The van der Waals surface area contributed by atoms with Crippen LogP contribution >= 0.6 is 23.6 Å². The normalized spacial score (nSPS) is 13.0. The van der Waals surface area contributed by atoms with Gasteiger partial charge in [0.25, 0.3) is 0 Å². The van der Waals surface area contributed by atoms with Gasteiger partial charge in [-0.25, -0.2) is 0 Å². The molecule has 0 radical (unpaired) electrons. The van der Waals surface area contributed by atoms with Crippen molar-refractivity contribution in [3.63, 3.8) is 0 Å². The molecule has 0 saturated carbocycles. The van der Waals surface area contributed by atoms with Crippen LogP contribution in [0.1, 0.15) is 12.5 Å². The number of hydrogen-bond donors (Lipinski definition) is 1. The Kier molecular flexibility index (Phi) is 5.22. The van der Waals surface area contributed by atoms with E-state index in [-0.39, 0.29) is 0 Å². The van der Waals surface area contributed by atoms with Gasteiger partial charge in [0.2, 0.25) is 0 Å². The summed E-state index contributed by atoms with van der Waals surface area (Å²) in [5.74, 6) is 0.299. The first-order chi connectivity index (χ1) is 7.09. The lowest BCUT2D eigenvalue weighted by Crippen LogP contribution is -2.32. The van der Waals surface area contributed by atoms with E-state index < -0.39 is 0 Å². The van der Waals surface area contributed by atoms with Gasteiger partial charge in [0, 0.05) is 19.0 Å². The van der Waals surface area contributed by atoms with E-state index in [9.17, 15) is 0 Å². The van der Waals surface area contributed by atoms with Crippen molar-refractivity contribution >= 4 is 28.5 Å². The molecule has 0 bridgehead atoms. The first-order valence-electron chi connectivity index (χ1n) is 5.08. The third-order valence-corrected chi connectivity index (χ3v) is 3.57. The molecule has 1 atom stereocenters. The molecule has 0 saturated heterocycles. The molecule has 1 unspecified atom stereocenters. The largest absolute Gasteiger partial charge is 0.393 e. The molecule has 2 N–H and O–H groups in total. The van der Waals surface area contributed by atoms with Gasteiger partial charge in [-0.3, -0.25) is 0 Å². The Morgan fingerprint density at radius 2 is 2.40 bits per heavy atom. The van der Waals surface area contributed by atoms with Crippen molar-refractivity contribution in [2.45, 2.75) is 13.3 Å². The molecule has 2 nitrogen and oxygen atoms in total. The lowest BCUT2D eigenvalue weighted by atomic mass is 10.1. The molecule has 84 valence electrons. The molecule has 0 spiro atoms. The van der Waals surface area contributed by atoms with E-state index in [1.165, 1.54) is 5.56 Å². The van der Waals surface area contributed by atoms with Crippen molar-refractivity contribution in [2.24, 2.45) is 11.7 Å². The monoisotopic (exact) mass is 242 g/mol. The van der Waals surface area contributed by atoms with Crippen molar-refractivity contribution in [3.8, 4) is 0 Å². The molecule has 1 aromatic rings. The molecular formula is C11H18N2S2. The fraction of sp³-hybridized carbons (Fsp3) is 0.545. The summed E-state index contributed by atoms with van der Waals surface area (Å²) < 4.78 is 0. The number of rotatable bonds is 6. The fourth-order valence-corrected chi connectivity index (χ4v) is 2.18. The van der Waals surface area contributed by atoms with Gasteiger partial charge >= 0.3 is 0 Å². The molecule has 0 aliphatic carbocycles. The molecule has 15 heavy (non-hydrogen) atoms. The molecule has 0 aliphatic rings. The Morgan fingerprint density at radius 3 is 2.93 bits per heavy atom. The second-order valence-electron chi connectivity index (χ2n) is 3.95. The van der Waals surface area contributed by atoms with Gasteiger partial charge in [0.05, 0.1) is 4.99 Å². The summed E-state index contributed by atoms with van der Waals surface area (Å²) in [6, 6.07) is 2.18. The van der Waals surface area contributed by atoms with Crippen LogP contribution in [0, 0.1) is 5.92 Å². The van der Waals surface area contributed by atoms with Crippen molar-refractivity contribution in [1.82, 2.24) is 4.90 Å². The van der Waals surface area contributed by atoms with E-state index in [4.69, 9.17) is 18.0 Å². The summed E-state index contributed by atoms with van der Waals surface area (Å²) in [5.41, 5.74) is 6.99. The molecule has 0 aromatic carbocycles. The quantitative estimate of drug-likeness (QED) is 0.775. The van der Waals surface area contributed by atoms with Crippen LogP contribution in [0.3, 0.4) is 0 Å². The van der Waals surface area contributed by atoms with Gasteiger partial charge in [0.1, 0.15) is 0 Å². The Morgan fingerprint density at radius 1 is 1.67 bits per heavy atom. The maximum atomic E-state index is 5.58. The second-order valence-corrected chi connectivity index (χ2v) is 5.20. The summed E-state index contributed by atoms with van der Waals surface area (Å²) in [5, 5.41) is 4.32. The zero-order chi connectivity index (χ0) is 11.3. The van der Waals surface area contributed by atoms with E-state index in [1.807, 2.05) is 0 Å². The van der Waals surface area contributed by atoms with Crippen molar-refractivity contribution in [1.29, 1.82) is 0 Å². The van der Waals surface area contributed by atoms with E-state index >= 15 is 0 Å². The van der Waals surface area contributed by atoms with Gasteiger partial charge in [-0.15, -0.1) is 0 Å². The number of nitrogens with zero attached hydrogens (tertiary/aromatic N) is 1. The zero-order valence-corrected chi connectivity index (χ0v) is 10.9. The van der Waals surface area contributed by atoms with Crippen molar-refractivity contribution in [2.75, 3.05) is 20.1 Å². The fourth-order valence-electron chi connectivity index (χ4n) is 1.40. The van der Waals surface area contributed by atoms with Crippen molar-refractivity contribution in [3.05, 3.63) is 22.4 Å². The van der Waals surface area contributed by atoms with Crippen LogP contribution in [0.5, 0.6) is 0 Å². The highest BCUT2D eigenvalue weighted by atomic mass is 32.1. The summed E-state index contributed by atoms with van der Waals surface area (Å²) in [6.07, 6.45) is 1.10. The van der Waals surface area contributed by atoms with Gasteiger partial charge in [0.15, 0.2) is 0 Å². The molecule has 0 aliphatic heterocycles. The van der Waals surface area contributed by atoms with Crippen LogP contribution in [-0.2, 0) is 6.42 Å². The highest BCUT2D eigenvalue weighted by Crippen LogP contribution is 2.07. The van der Waals surface area contributed by atoms with Crippen LogP contribution in [0.4, 0.5) is 0 Å². The average molecular weight is 242 g/mol. The van der Waals surface area contributed by atoms with Crippen molar-refractivity contribution < 1.29 is 0 Å². The predicted molar refractivity (Wildman–Crippen MR) is 71.5 cm³/mol. The second kappa shape index (κ2) is 6.20. The van der Waals surface area contributed by atoms with Gasteiger partial charge in [-0.05, 0) is 35.9 Å². The maximum absolute atomic E-state index is 5.58. The number of likely N-dealkylation sites (N-methyl/N-ethyl adjacent to an activating group) is 1. The molecule has 1 rings (SSSR count). The third-order valence-electron chi connectivity index (χ3n) is 2.43. The number of thiophene rings is 1. The molecule has 0 fully saturated rings. The highest BCUT2D eigenvalue weighted by molar-refractivity contribution is 7.80. The Balaban J connectivity index is 2.24. The minimum absolute atomic E-state index is 0.299. The maximum Gasteiger partial charge on any atom is 0.0768 e. The Bertz CT molecular complexity index is 296. The smallest absolute Gasteiger partial charge is 0.0768 e. The first kappa shape index (κ1) is 12.6. The first-order valence-corrected chi connectivity index (χ1v) is 6.43. The number of nitrogens with two attached hydrogens (primary N) is 1. The van der Waals surface area contributed by atoms with Crippen LogP contribution in [0.2, 0.25) is 0 Å². The lowest BCUT2D eigenvalue weighted by Gasteiger charge is -2.20. The Labute approximate surface area is 101 Å². The third kappa shape index (κ3) is 4.73. The molecule has 1 aromatic heterocycles. The van der Waals surface area contributed by atoms with Crippen LogP contribution in [-0.4, -0.2) is 30.0 Å². The summed E-state index contributed by atoms with van der Waals surface area (Å²) in [7, 11) is 2.11. The van der Waals surface area contributed by atoms with E-state index in [0.29, 0.717) is 10.9 Å². The lowest BCUT2D eigenvalue weighted by molar-refractivity contribution is 0.319. The molecular weight excluding hydrogens is 224 g/mol. The van der Waals surface area contributed by atoms with Crippen LogP contribution in [0.25, 0.3) is 0 Å². The number of hydrogen-bond acceptors (Lipinski definition) is 3. The topological polar surface area (TPSA) is 29.3 Å². The minimum atomic E-state index is 0.299. The summed E-state index contributed by atoms with van der Waals surface area (Å²) in [6.45, 7) is 4.08. The highest BCUT2D eigenvalue weighted by Gasteiger charge is 2.08. The van der Waals surface area contributed by atoms with E-state index in [0.717, 1.165) is 19.5 Å². The molecule has 1 heterocycles. The van der Waals surface area contributed by atoms with Crippen LogP contribution in [0.15, 0.2) is 16.8 Å². The SMILES string of the molecule is CC(CN(C)CCc1ccsc1)C(N)=S. The standard InChI is InChI=1S/C11H18N2S2/c1-9(11(12)14)7-13(2)5-3-10-4-6-15-8-10/h4,6,8-9H,3,5,7H2,1-2H3,(H2,12,14). The van der Waals surface area contributed by atoms with Gasteiger partial charge < -0.3 is 10.6 Å². The number of thiocarbonyl (C=S) groups is 1.